The zero-order valence-electron chi connectivity index (χ0n) is 13.7. The van der Waals surface area contributed by atoms with E-state index in [0.29, 0.717) is 12.5 Å². The van der Waals surface area contributed by atoms with E-state index in [2.05, 4.69) is 43.2 Å². The minimum absolute atomic E-state index is 0.176. The number of amides is 1. The molecule has 1 aliphatic heterocycles. The predicted octanol–water partition coefficient (Wildman–Crippen LogP) is 1.72. The van der Waals surface area contributed by atoms with E-state index < -0.39 is 0 Å². The van der Waals surface area contributed by atoms with Crippen LogP contribution in [0, 0.1) is 17.8 Å². The average molecular weight is 283 g/mol. The fourth-order valence-corrected chi connectivity index (χ4v) is 2.50. The van der Waals surface area contributed by atoms with Gasteiger partial charge in [0.25, 0.3) is 0 Å². The molecule has 0 atom stereocenters. The number of piperidine rings is 1. The number of likely N-dealkylation sites (tertiary alicyclic amines) is 1. The molecule has 1 saturated heterocycles. The fourth-order valence-electron chi connectivity index (χ4n) is 2.50. The zero-order valence-corrected chi connectivity index (χ0v) is 13.7. The number of carbonyl (C=O) groups is 1. The lowest BCUT2D eigenvalue weighted by Crippen LogP contribution is -2.43. The van der Waals surface area contributed by atoms with Crippen molar-refractivity contribution in [2.45, 2.75) is 40.5 Å². The molecule has 0 unspecified atom stereocenters. The minimum atomic E-state index is 0.176. The maximum atomic E-state index is 11.8. The molecule has 20 heavy (non-hydrogen) atoms. The van der Waals surface area contributed by atoms with Crippen molar-refractivity contribution in [1.29, 1.82) is 0 Å². The van der Waals surface area contributed by atoms with Gasteiger partial charge in [0.1, 0.15) is 0 Å². The first-order chi connectivity index (χ1) is 9.47. The molecule has 1 amide bonds. The van der Waals surface area contributed by atoms with Gasteiger partial charge in [0.2, 0.25) is 5.91 Å². The highest BCUT2D eigenvalue weighted by molar-refractivity contribution is 5.77. The van der Waals surface area contributed by atoms with Crippen LogP contribution in [0.3, 0.4) is 0 Å². The summed E-state index contributed by atoms with van der Waals surface area (Å²) in [7, 11) is 0. The Hall–Kier alpha value is -0.610. The number of nitrogens with zero attached hydrogens (tertiary/aromatic N) is 1. The summed E-state index contributed by atoms with van der Waals surface area (Å²) in [5, 5.41) is 6.54. The Balaban J connectivity index is 2.11. The first-order valence-corrected chi connectivity index (χ1v) is 8.17. The third kappa shape index (κ3) is 7.85. The predicted molar refractivity (Wildman–Crippen MR) is 84.7 cm³/mol. The van der Waals surface area contributed by atoms with Gasteiger partial charge in [-0.25, -0.2) is 0 Å². The summed E-state index contributed by atoms with van der Waals surface area (Å²) in [5.74, 6) is 2.20. The van der Waals surface area contributed by atoms with Crippen LogP contribution in [-0.4, -0.2) is 50.1 Å². The molecule has 0 aliphatic carbocycles. The lowest BCUT2D eigenvalue weighted by Gasteiger charge is -2.31. The summed E-state index contributed by atoms with van der Waals surface area (Å²) in [6.45, 7) is 14.4. The molecule has 0 aromatic rings. The van der Waals surface area contributed by atoms with Gasteiger partial charge < -0.3 is 10.6 Å². The molecule has 118 valence electrons. The number of rotatable bonds is 8. The summed E-state index contributed by atoms with van der Waals surface area (Å²) in [6, 6.07) is 0. The molecule has 1 aliphatic rings. The molecule has 0 aromatic heterocycles. The fraction of sp³-hybridized carbons (Fsp3) is 0.938. The summed E-state index contributed by atoms with van der Waals surface area (Å²) in [5.41, 5.74) is 0. The molecule has 4 nitrogen and oxygen atoms in total. The maximum absolute atomic E-state index is 11.8. The van der Waals surface area contributed by atoms with Gasteiger partial charge in [-0.1, -0.05) is 27.7 Å². The van der Waals surface area contributed by atoms with Crippen LogP contribution in [0.2, 0.25) is 0 Å². The van der Waals surface area contributed by atoms with Crippen LogP contribution < -0.4 is 10.6 Å². The van der Waals surface area contributed by atoms with E-state index in [-0.39, 0.29) is 5.91 Å². The molecular formula is C16H33N3O. The van der Waals surface area contributed by atoms with Gasteiger partial charge in [-0.15, -0.1) is 0 Å². The van der Waals surface area contributed by atoms with Gasteiger partial charge in [0.05, 0.1) is 6.54 Å². The van der Waals surface area contributed by atoms with Crippen molar-refractivity contribution in [1.82, 2.24) is 15.5 Å². The SMILES string of the molecule is CC(C)CNCC1CCN(CC(=O)NCC(C)C)CC1. The number of nitrogens with one attached hydrogen (secondary N) is 2. The molecule has 2 N–H and O–H groups in total. The van der Waals surface area contributed by atoms with Crippen molar-refractivity contribution in [3.8, 4) is 0 Å². The van der Waals surface area contributed by atoms with Gasteiger partial charge in [-0.3, -0.25) is 9.69 Å². The minimum Gasteiger partial charge on any atom is -0.355 e. The second-order valence-corrected chi connectivity index (χ2v) is 6.97. The lowest BCUT2D eigenvalue weighted by molar-refractivity contribution is -0.122. The van der Waals surface area contributed by atoms with Crippen LogP contribution in [0.15, 0.2) is 0 Å². The molecule has 0 radical (unpaired) electrons. The van der Waals surface area contributed by atoms with Gasteiger partial charge in [0, 0.05) is 6.54 Å². The van der Waals surface area contributed by atoms with Gasteiger partial charge in [0.15, 0.2) is 0 Å². The van der Waals surface area contributed by atoms with Crippen LogP contribution in [0.4, 0.5) is 0 Å². The molecule has 0 bridgehead atoms. The van der Waals surface area contributed by atoms with Crippen LogP contribution >= 0.6 is 0 Å². The second kappa shape index (κ2) is 9.35. The number of carbonyl (C=O) groups excluding carboxylic acids is 1. The van der Waals surface area contributed by atoms with Crippen molar-refractivity contribution < 1.29 is 4.79 Å². The quantitative estimate of drug-likeness (QED) is 0.713. The van der Waals surface area contributed by atoms with Crippen LogP contribution in [-0.2, 0) is 4.79 Å². The van der Waals surface area contributed by atoms with Crippen LogP contribution in [0.1, 0.15) is 40.5 Å². The largest absolute Gasteiger partial charge is 0.355 e. The van der Waals surface area contributed by atoms with Crippen molar-refractivity contribution in [3.05, 3.63) is 0 Å². The monoisotopic (exact) mass is 283 g/mol. The molecule has 0 spiro atoms. The highest BCUT2D eigenvalue weighted by Gasteiger charge is 2.20. The lowest BCUT2D eigenvalue weighted by atomic mass is 9.96. The highest BCUT2D eigenvalue weighted by Crippen LogP contribution is 2.16. The molecule has 0 aromatic carbocycles. The first kappa shape index (κ1) is 17.4. The van der Waals surface area contributed by atoms with Gasteiger partial charge in [-0.05, 0) is 56.8 Å². The third-order valence-electron chi connectivity index (χ3n) is 3.77. The third-order valence-corrected chi connectivity index (χ3v) is 3.77. The standard InChI is InChI=1S/C16H33N3O/c1-13(2)9-17-11-15-5-7-19(8-6-15)12-16(20)18-10-14(3)4/h13-15,17H,5-12H2,1-4H3,(H,18,20). The average Bonchev–Trinajstić information content (AvgIpc) is 2.38. The second-order valence-electron chi connectivity index (χ2n) is 6.97. The molecular weight excluding hydrogens is 250 g/mol. The Labute approximate surface area is 124 Å². The van der Waals surface area contributed by atoms with Gasteiger partial charge in [-0.2, -0.15) is 0 Å². The van der Waals surface area contributed by atoms with E-state index in [1.165, 1.54) is 12.8 Å². The highest BCUT2D eigenvalue weighted by atomic mass is 16.2. The summed E-state index contributed by atoms with van der Waals surface area (Å²) < 4.78 is 0. The summed E-state index contributed by atoms with van der Waals surface area (Å²) >= 11 is 0. The molecule has 1 fully saturated rings. The van der Waals surface area contributed by atoms with Crippen molar-refractivity contribution in [3.63, 3.8) is 0 Å². The molecule has 1 heterocycles. The summed E-state index contributed by atoms with van der Waals surface area (Å²) in [6.07, 6.45) is 2.42. The summed E-state index contributed by atoms with van der Waals surface area (Å²) in [4.78, 5) is 14.1. The Bertz CT molecular complexity index is 271. The Morgan fingerprint density at radius 3 is 2.25 bits per heavy atom. The van der Waals surface area contributed by atoms with E-state index in [1.807, 2.05) is 0 Å². The van der Waals surface area contributed by atoms with E-state index in [9.17, 15) is 4.79 Å². The van der Waals surface area contributed by atoms with E-state index in [4.69, 9.17) is 0 Å². The molecule has 4 heteroatoms. The number of hydrogen-bond acceptors (Lipinski definition) is 3. The van der Waals surface area contributed by atoms with E-state index in [1.54, 1.807) is 0 Å². The maximum Gasteiger partial charge on any atom is 0.234 e. The van der Waals surface area contributed by atoms with E-state index in [0.717, 1.165) is 44.6 Å². The zero-order chi connectivity index (χ0) is 15.0. The smallest absolute Gasteiger partial charge is 0.234 e. The van der Waals surface area contributed by atoms with Crippen LogP contribution in [0.25, 0.3) is 0 Å². The Morgan fingerprint density at radius 1 is 1.10 bits per heavy atom. The molecule has 1 rings (SSSR count). The van der Waals surface area contributed by atoms with E-state index >= 15 is 0 Å². The number of hydrogen-bond donors (Lipinski definition) is 2. The van der Waals surface area contributed by atoms with Crippen molar-refractivity contribution in [2.75, 3.05) is 39.3 Å². The Morgan fingerprint density at radius 2 is 1.70 bits per heavy atom. The normalized spacial score (nSPS) is 17.9. The van der Waals surface area contributed by atoms with Crippen LogP contribution in [0.5, 0.6) is 0 Å². The Kier molecular flexibility index (Phi) is 8.15. The first-order valence-electron chi connectivity index (χ1n) is 8.17. The topological polar surface area (TPSA) is 44.4 Å². The van der Waals surface area contributed by atoms with Gasteiger partial charge >= 0.3 is 0 Å². The van der Waals surface area contributed by atoms with Crippen molar-refractivity contribution in [2.24, 2.45) is 17.8 Å². The van der Waals surface area contributed by atoms with Crippen molar-refractivity contribution >= 4 is 5.91 Å². The molecule has 0 saturated carbocycles.